The first-order valence-electron chi connectivity index (χ1n) is 16.3. The molecule has 2 saturated carbocycles. The van der Waals surface area contributed by atoms with Crippen LogP contribution in [0.25, 0.3) is 0 Å². The predicted molar refractivity (Wildman–Crippen MR) is 171 cm³/mol. The van der Waals surface area contributed by atoms with Gasteiger partial charge in [-0.3, -0.25) is 4.79 Å². The first-order valence-corrected chi connectivity index (χ1v) is 16.3. The fourth-order valence-corrected chi connectivity index (χ4v) is 7.35. The maximum Gasteiger partial charge on any atom is 0.244 e. The molecule has 0 aromatic heterocycles. The van der Waals surface area contributed by atoms with Crippen LogP contribution in [0.1, 0.15) is 93.7 Å². The Balaban J connectivity index is 1.36. The van der Waals surface area contributed by atoms with Crippen molar-refractivity contribution in [3.8, 4) is 0 Å². The van der Waals surface area contributed by atoms with Crippen molar-refractivity contribution in [2.45, 2.75) is 101 Å². The maximum absolute atomic E-state index is 14.6. The summed E-state index contributed by atoms with van der Waals surface area (Å²) in [5.41, 5.74) is 2.34. The molecule has 5 nitrogen and oxygen atoms in total. The van der Waals surface area contributed by atoms with Crippen molar-refractivity contribution >= 4 is 11.9 Å². The van der Waals surface area contributed by atoms with Crippen LogP contribution in [0, 0.1) is 0 Å². The molecule has 3 aromatic rings. The second kappa shape index (κ2) is 13.6. The number of likely N-dealkylation sites (tertiary alicyclic amines) is 1. The van der Waals surface area contributed by atoms with Crippen molar-refractivity contribution in [3.05, 3.63) is 108 Å². The summed E-state index contributed by atoms with van der Waals surface area (Å²) in [6.45, 7) is 0.859. The third kappa shape index (κ3) is 6.25. The highest BCUT2D eigenvalue weighted by atomic mass is 16.2. The first kappa shape index (κ1) is 28.5. The monoisotopic (exact) mass is 562 g/mol. The number of nitrogens with zero attached hydrogens (tertiary/aromatic N) is 2. The van der Waals surface area contributed by atoms with Gasteiger partial charge in [0.2, 0.25) is 5.91 Å². The van der Waals surface area contributed by atoms with Crippen LogP contribution < -0.4 is 10.6 Å². The molecule has 3 aliphatic rings. The molecule has 2 N–H and O–H groups in total. The van der Waals surface area contributed by atoms with E-state index in [4.69, 9.17) is 4.99 Å². The average molecular weight is 563 g/mol. The van der Waals surface area contributed by atoms with Gasteiger partial charge in [0.15, 0.2) is 5.96 Å². The van der Waals surface area contributed by atoms with Gasteiger partial charge in [0.05, 0.1) is 6.04 Å². The highest BCUT2D eigenvalue weighted by Crippen LogP contribution is 2.37. The van der Waals surface area contributed by atoms with Gasteiger partial charge in [-0.15, -0.1) is 0 Å². The Hall–Kier alpha value is -3.60. The zero-order chi connectivity index (χ0) is 28.6. The zero-order valence-electron chi connectivity index (χ0n) is 24.9. The maximum atomic E-state index is 14.6. The molecule has 0 spiro atoms. The predicted octanol–water partition coefficient (Wildman–Crippen LogP) is 7.17. The van der Waals surface area contributed by atoms with E-state index in [1.165, 1.54) is 51.4 Å². The van der Waals surface area contributed by atoms with Crippen LogP contribution in [0.2, 0.25) is 0 Å². The number of nitrogens with one attached hydrogen (secondary N) is 2. The van der Waals surface area contributed by atoms with Gasteiger partial charge in [0, 0.05) is 12.6 Å². The topological polar surface area (TPSA) is 56.7 Å². The van der Waals surface area contributed by atoms with Gasteiger partial charge >= 0.3 is 0 Å². The number of aliphatic imine (C=N–C) groups is 1. The summed E-state index contributed by atoms with van der Waals surface area (Å²) in [4.78, 5) is 22.3. The Kier molecular flexibility index (Phi) is 9.22. The van der Waals surface area contributed by atoms with Gasteiger partial charge in [-0.05, 0) is 55.2 Å². The largest absolute Gasteiger partial charge is 0.353 e. The summed E-state index contributed by atoms with van der Waals surface area (Å²) < 4.78 is 0. The second-order valence-electron chi connectivity index (χ2n) is 12.4. The molecular weight excluding hydrogens is 516 g/mol. The lowest BCUT2D eigenvalue weighted by atomic mass is 9.76. The van der Waals surface area contributed by atoms with Gasteiger partial charge in [-0.2, -0.15) is 0 Å². The molecule has 2 aliphatic carbocycles. The SMILES string of the molecule is O=C(NC(c1ccccc1)(c1ccccc1)c1ccccc1)[C@@H]1CCCN1C(=NC1CCCCC1)NC1CCCCC1. The fourth-order valence-electron chi connectivity index (χ4n) is 7.35. The standard InChI is InChI=1S/C37H46N4O/c42-35(34-27-16-28-41(34)36(38-32-23-12-4-13-24-32)39-33-25-14-5-15-26-33)40-37(29-17-6-1-7-18-29,30-19-8-2-9-20-30)31-21-10-3-11-22-31/h1-3,6-11,17-22,32-34H,4-5,12-16,23-28H2,(H,38,39)(H,40,42)/t34-/m0/s1. The summed E-state index contributed by atoms with van der Waals surface area (Å²) in [5, 5.41) is 7.53. The van der Waals surface area contributed by atoms with E-state index in [0.717, 1.165) is 54.9 Å². The smallest absolute Gasteiger partial charge is 0.244 e. The molecule has 1 amide bonds. The Morgan fingerprint density at radius 1 is 0.643 bits per heavy atom. The Morgan fingerprint density at radius 2 is 1.14 bits per heavy atom. The number of benzene rings is 3. The van der Waals surface area contributed by atoms with Crippen molar-refractivity contribution in [1.82, 2.24) is 15.5 Å². The van der Waals surface area contributed by atoms with Gasteiger partial charge < -0.3 is 15.5 Å². The molecule has 1 heterocycles. The Bertz CT molecular complexity index is 1200. The quantitative estimate of drug-likeness (QED) is 0.182. The van der Waals surface area contributed by atoms with Crippen LogP contribution in [0.5, 0.6) is 0 Å². The fraction of sp³-hybridized carbons (Fsp3) is 0.459. The van der Waals surface area contributed by atoms with Crippen LogP contribution in [-0.2, 0) is 10.3 Å². The third-order valence-corrected chi connectivity index (χ3v) is 9.58. The summed E-state index contributed by atoms with van der Waals surface area (Å²) in [5.74, 6) is 1.03. The van der Waals surface area contributed by atoms with Gasteiger partial charge in [0.1, 0.15) is 11.6 Å². The lowest BCUT2D eigenvalue weighted by molar-refractivity contribution is -0.125. The number of guanidine groups is 1. The van der Waals surface area contributed by atoms with E-state index in [9.17, 15) is 4.79 Å². The molecule has 0 bridgehead atoms. The molecular formula is C37H46N4O. The lowest BCUT2D eigenvalue weighted by Crippen LogP contribution is -2.57. The van der Waals surface area contributed by atoms with Crippen LogP contribution in [0.4, 0.5) is 0 Å². The molecule has 3 aromatic carbocycles. The number of carbonyl (C=O) groups excluding carboxylic acids is 1. The number of carbonyl (C=O) groups is 1. The third-order valence-electron chi connectivity index (χ3n) is 9.58. The van der Waals surface area contributed by atoms with E-state index in [1.807, 2.05) is 18.2 Å². The number of amides is 1. The summed E-state index contributed by atoms with van der Waals surface area (Å²) in [6.07, 6.45) is 14.2. The normalized spacial score (nSPS) is 20.8. The van der Waals surface area contributed by atoms with Crippen LogP contribution in [0.3, 0.4) is 0 Å². The number of hydrogen-bond acceptors (Lipinski definition) is 2. The molecule has 1 atom stereocenters. The molecule has 1 saturated heterocycles. The van der Waals surface area contributed by atoms with Crippen molar-refractivity contribution < 1.29 is 4.79 Å². The Morgan fingerprint density at radius 3 is 1.67 bits per heavy atom. The highest BCUT2D eigenvalue weighted by Gasteiger charge is 2.42. The van der Waals surface area contributed by atoms with Crippen LogP contribution >= 0.6 is 0 Å². The lowest BCUT2D eigenvalue weighted by Gasteiger charge is -2.39. The van der Waals surface area contributed by atoms with Crippen molar-refractivity contribution in [3.63, 3.8) is 0 Å². The van der Waals surface area contributed by atoms with Crippen LogP contribution in [0.15, 0.2) is 96.0 Å². The molecule has 5 heteroatoms. The molecule has 1 aliphatic heterocycles. The second-order valence-corrected chi connectivity index (χ2v) is 12.4. The minimum Gasteiger partial charge on any atom is -0.353 e. The minimum atomic E-state index is -0.813. The first-order chi connectivity index (χ1) is 20.7. The van der Waals surface area contributed by atoms with Crippen molar-refractivity contribution in [1.29, 1.82) is 0 Å². The van der Waals surface area contributed by atoms with E-state index < -0.39 is 5.54 Å². The van der Waals surface area contributed by atoms with E-state index >= 15 is 0 Å². The van der Waals surface area contributed by atoms with Gasteiger partial charge in [-0.1, -0.05) is 130 Å². The van der Waals surface area contributed by atoms with E-state index in [-0.39, 0.29) is 11.9 Å². The number of hydrogen-bond donors (Lipinski definition) is 2. The van der Waals surface area contributed by atoms with E-state index in [2.05, 4.69) is 88.3 Å². The summed E-state index contributed by atoms with van der Waals surface area (Å²) in [7, 11) is 0. The molecule has 0 radical (unpaired) electrons. The molecule has 42 heavy (non-hydrogen) atoms. The summed E-state index contributed by atoms with van der Waals surface area (Å²) >= 11 is 0. The van der Waals surface area contributed by atoms with Gasteiger partial charge in [0.25, 0.3) is 0 Å². The Labute approximate surface area is 251 Å². The summed E-state index contributed by atoms with van der Waals surface area (Å²) in [6, 6.07) is 31.8. The molecule has 0 unspecified atom stereocenters. The average Bonchev–Trinajstić information content (AvgIpc) is 3.56. The molecule has 3 fully saturated rings. The van der Waals surface area contributed by atoms with Gasteiger partial charge in [-0.25, -0.2) is 4.99 Å². The number of rotatable bonds is 7. The van der Waals surface area contributed by atoms with Crippen LogP contribution in [-0.4, -0.2) is 41.4 Å². The van der Waals surface area contributed by atoms with E-state index in [1.54, 1.807) is 0 Å². The zero-order valence-corrected chi connectivity index (χ0v) is 24.9. The molecule has 220 valence electrons. The molecule has 6 rings (SSSR count). The highest BCUT2D eigenvalue weighted by molar-refractivity contribution is 5.91. The van der Waals surface area contributed by atoms with Crippen molar-refractivity contribution in [2.24, 2.45) is 4.99 Å². The van der Waals surface area contributed by atoms with Crippen molar-refractivity contribution in [2.75, 3.05) is 6.54 Å². The van der Waals surface area contributed by atoms with E-state index in [0.29, 0.717) is 12.1 Å². The minimum absolute atomic E-state index is 0.0610.